The van der Waals surface area contributed by atoms with E-state index in [4.69, 9.17) is 5.73 Å². The molecule has 7 atom stereocenters. The van der Waals surface area contributed by atoms with E-state index in [1.54, 1.807) is 58.0 Å². The minimum Gasteiger partial charge on any atom is -0.394 e. The first-order valence-corrected chi connectivity index (χ1v) is 19.0. The summed E-state index contributed by atoms with van der Waals surface area (Å²) in [5.74, 6) is -7.02. The molecule has 0 radical (unpaired) electrons. The average molecular weight is 771 g/mol. The van der Waals surface area contributed by atoms with Gasteiger partial charge in [0, 0.05) is 13.0 Å². The van der Waals surface area contributed by atoms with E-state index in [0.29, 0.717) is 12.0 Å². The number of aliphatic hydroxyl groups excluding tert-OH is 1. The molecule has 2 saturated heterocycles. The average Bonchev–Trinajstić information content (AvgIpc) is 3.60. The number of nitrogens with zero attached hydrogens (tertiary/aromatic N) is 1. The first-order valence-electron chi connectivity index (χ1n) is 19.0. The number of fused-ring (bicyclic) bond motifs is 1. The van der Waals surface area contributed by atoms with Gasteiger partial charge >= 0.3 is 0 Å². The molecule has 0 saturated carbocycles. The molecule has 2 heterocycles. The molecular weight excluding hydrogens is 712 g/mol. The van der Waals surface area contributed by atoms with E-state index in [0.717, 1.165) is 0 Å². The molecule has 2 aliphatic heterocycles. The fraction of sp³-hybridized carbons (Fsp3) is 0.632. The smallest absolute Gasteiger partial charge is 0.245 e. The van der Waals surface area contributed by atoms with Crippen LogP contribution in [-0.2, 0) is 44.8 Å². The third kappa shape index (κ3) is 13.0. The van der Waals surface area contributed by atoms with Gasteiger partial charge in [0.05, 0.1) is 13.0 Å². The monoisotopic (exact) mass is 770 g/mol. The van der Waals surface area contributed by atoms with E-state index in [-0.39, 0.29) is 44.1 Å². The topological polar surface area (TPSA) is 258 Å². The van der Waals surface area contributed by atoms with Crippen molar-refractivity contribution in [3.8, 4) is 0 Å². The standard InChI is InChI=1S/C38H58N8O9/c1-20(2)15-24-32(49)44-28(19-47)35(52)41-25(17-23-11-8-7-9-12-23)33(50)43-27(16-21(3)4)38(55)46-14-10-13-29(46)36(53)45-31(22(5)6)37(54)42-26(18-30(39)48)34(51)40-24/h7-9,11-12,20-22,24-29,31,47H,10,13-19H2,1-6H3,(H2,39,48)(H,40,51)(H,41,52)(H,42,54)(H,43,50)(H,44,49)(H,45,53)/t24-,25?,26-,27-,28-,29-,31-/m0/s1. The predicted molar refractivity (Wildman–Crippen MR) is 201 cm³/mol. The quantitative estimate of drug-likeness (QED) is 0.141. The van der Waals surface area contributed by atoms with Crippen LogP contribution < -0.4 is 37.6 Å². The van der Waals surface area contributed by atoms with Crippen LogP contribution in [0.25, 0.3) is 0 Å². The maximum Gasteiger partial charge on any atom is 0.245 e. The number of hydrogen-bond donors (Lipinski definition) is 8. The Labute approximate surface area is 322 Å². The fourth-order valence-electron chi connectivity index (χ4n) is 6.70. The predicted octanol–water partition coefficient (Wildman–Crippen LogP) is -1.24. The molecule has 2 fully saturated rings. The van der Waals surface area contributed by atoms with E-state index >= 15 is 0 Å². The molecule has 0 spiro atoms. The van der Waals surface area contributed by atoms with Crippen LogP contribution in [0.15, 0.2) is 30.3 Å². The van der Waals surface area contributed by atoms with Crippen molar-refractivity contribution >= 4 is 47.3 Å². The lowest BCUT2D eigenvalue weighted by Gasteiger charge is -2.32. The lowest BCUT2D eigenvalue weighted by atomic mass is 9.99. The Kier molecular flexibility index (Phi) is 16.6. The summed E-state index contributed by atoms with van der Waals surface area (Å²) in [6.07, 6.45) is 0.373. The number of nitrogens with one attached hydrogen (secondary N) is 6. The first kappa shape index (κ1) is 44.3. The zero-order chi connectivity index (χ0) is 41.0. The summed E-state index contributed by atoms with van der Waals surface area (Å²) in [7, 11) is 0. The van der Waals surface area contributed by atoms with Gasteiger partial charge in [-0.3, -0.25) is 38.4 Å². The van der Waals surface area contributed by atoms with Gasteiger partial charge in [-0.1, -0.05) is 71.9 Å². The van der Waals surface area contributed by atoms with Crippen LogP contribution in [0.1, 0.15) is 79.2 Å². The SMILES string of the molecule is CC(C)C[C@@H]1NC(=O)[C@H](CC(N)=O)NC(=O)[C@H](C(C)C)NC(=O)[C@@H]2CCCN2C(=O)[C@H](CC(C)C)NC(=O)C(Cc2ccccc2)NC(=O)[C@H](CO)NC1=O. The van der Waals surface area contributed by atoms with Gasteiger partial charge in [-0.2, -0.15) is 0 Å². The number of aliphatic hydroxyl groups is 1. The molecule has 2 aliphatic rings. The lowest BCUT2D eigenvalue weighted by molar-refractivity contribution is -0.143. The van der Waals surface area contributed by atoms with E-state index in [1.165, 1.54) is 4.90 Å². The third-order valence-corrected chi connectivity index (χ3v) is 9.52. The van der Waals surface area contributed by atoms with Gasteiger partial charge in [0.2, 0.25) is 47.3 Å². The van der Waals surface area contributed by atoms with Crippen molar-refractivity contribution in [2.75, 3.05) is 13.2 Å². The van der Waals surface area contributed by atoms with Crippen molar-refractivity contribution in [1.82, 2.24) is 36.8 Å². The molecule has 9 N–H and O–H groups in total. The Morgan fingerprint density at radius 2 is 1.20 bits per heavy atom. The molecule has 3 rings (SSSR count). The Morgan fingerprint density at radius 3 is 1.78 bits per heavy atom. The first-order chi connectivity index (χ1) is 25.9. The van der Waals surface area contributed by atoms with Gasteiger partial charge in [-0.15, -0.1) is 0 Å². The van der Waals surface area contributed by atoms with Crippen molar-refractivity contribution in [2.24, 2.45) is 23.5 Å². The summed E-state index contributed by atoms with van der Waals surface area (Å²) >= 11 is 0. The highest BCUT2D eigenvalue weighted by Gasteiger charge is 2.41. The summed E-state index contributed by atoms with van der Waals surface area (Å²) in [4.78, 5) is 110. The van der Waals surface area contributed by atoms with Crippen LogP contribution in [0.4, 0.5) is 0 Å². The van der Waals surface area contributed by atoms with Gasteiger partial charge < -0.3 is 47.6 Å². The molecule has 304 valence electrons. The Hall–Kier alpha value is -5.06. The van der Waals surface area contributed by atoms with E-state index < -0.39 is 108 Å². The number of nitrogens with two attached hydrogens (primary N) is 1. The van der Waals surface area contributed by atoms with E-state index in [9.17, 15) is 43.5 Å². The summed E-state index contributed by atoms with van der Waals surface area (Å²) in [5, 5.41) is 25.9. The van der Waals surface area contributed by atoms with Gasteiger partial charge in [0.15, 0.2) is 0 Å². The molecule has 0 aliphatic carbocycles. The summed E-state index contributed by atoms with van der Waals surface area (Å²) in [6, 6.07) is -0.144. The highest BCUT2D eigenvalue weighted by molar-refractivity contribution is 5.99. The maximum atomic E-state index is 14.2. The third-order valence-electron chi connectivity index (χ3n) is 9.52. The fourth-order valence-corrected chi connectivity index (χ4v) is 6.70. The summed E-state index contributed by atoms with van der Waals surface area (Å²) < 4.78 is 0. The van der Waals surface area contributed by atoms with E-state index in [2.05, 4.69) is 31.9 Å². The molecule has 17 heteroatoms. The van der Waals surface area contributed by atoms with Gasteiger partial charge in [0.1, 0.15) is 42.3 Å². The zero-order valence-corrected chi connectivity index (χ0v) is 32.6. The second kappa shape index (κ2) is 20.6. The number of rotatable bonds is 10. The summed E-state index contributed by atoms with van der Waals surface area (Å²) in [5.41, 5.74) is 6.11. The number of carbonyl (C=O) groups excluding carboxylic acids is 8. The van der Waals surface area contributed by atoms with Crippen LogP contribution in [0.5, 0.6) is 0 Å². The Balaban J connectivity index is 2.12. The van der Waals surface area contributed by atoms with Crippen LogP contribution in [0.3, 0.4) is 0 Å². The lowest BCUT2D eigenvalue weighted by Crippen LogP contribution is -2.61. The van der Waals surface area contributed by atoms with Crippen molar-refractivity contribution in [3.05, 3.63) is 35.9 Å². The number of hydrogen-bond acceptors (Lipinski definition) is 9. The molecule has 0 aromatic heterocycles. The van der Waals surface area contributed by atoms with Gasteiger partial charge in [-0.05, 0) is 49.0 Å². The van der Waals surface area contributed by atoms with Crippen LogP contribution >= 0.6 is 0 Å². The van der Waals surface area contributed by atoms with Gasteiger partial charge in [0.25, 0.3) is 0 Å². The number of primary amides is 1. The largest absolute Gasteiger partial charge is 0.394 e. The second-order valence-electron chi connectivity index (χ2n) is 15.5. The number of benzene rings is 1. The van der Waals surface area contributed by atoms with E-state index in [1.807, 2.05) is 13.8 Å². The minimum atomic E-state index is -1.57. The molecule has 1 unspecified atom stereocenters. The minimum absolute atomic E-state index is 0.00720. The zero-order valence-electron chi connectivity index (χ0n) is 32.6. The number of carbonyl (C=O) groups is 8. The van der Waals surface area contributed by atoms with Crippen LogP contribution in [-0.4, -0.2) is 113 Å². The molecule has 8 amide bonds. The molecular formula is C38H58N8O9. The molecule has 17 nitrogen and oxygen atoms in total. The Morgan fingerprint density at radius 1 is 0.691 bits per heavy atom. The highest BCUT2D eigenvalue weighted by atomic mass is 16.3. The van der Waals surface area contributed by atoms with Crippen molar-refractivity contribution in [1.29, 1.82) is 0 Å². The molecule has 0 bridgehead atoms. The molecule has 1 aromatic carbocycles. The second-order valence-corrected chi connectivity index (χ2v) is 15.5. The highest BCUT2D eigenvalue weighted by Crippen LogP contribution is 2.22. The van der Waals surface area contributed by atoms with Gasteiger partial charge in [-0.25, -0.2) is 0 Å². The molecule has 1 aromatic rings. The number of amides is 8. The normalized spacial score (nSPS) is 26.7. The Bertz CT molecular complexity index is 1550. The summed E-state index contributed by atoms with van der Waals surface area (Å²) in [6.45, 7) is 9.98. The molecule has 55 heavy (non-hydrogen) atoms. The maximum absolute atomic E-state index is 14.2. The van der Waals surface area contributed by atoms with Crippen molar-refractivity contribution in [3.63, 3.8) is 0 Å². The van der Waals surface area contributed by atoms with Crippen LogP contribution in [0, 0.1) is 17.8 Å². The van der Waals surface area contributed by atoms with Crippen molar-refractivity contribution < 1.29 is 43.5 Å². The van der Waals surface area contributed by atoms with Crippen LogP contribution in [0.2, 0.25) is 0 Å². The van der Waals surface area contributed by atoms with Crippen molar-refractivity contribution in [2.45, 2.75) is 122 Å².